The monoisotopic (exact) mass is 231 g/mol. The highest BCUT2D eigenvalue weighted by molar-refractivity contribution is 5.42. The summed E-state index contributed by atoms with van der Waals surface area (Å²) in [5.41, 5.74) is 2.47. The topological polar surface area (TPSA) is 12.5 Å². The number of hydrogen-bond acceptors (Lipinski definition) is 2. The summed E-state index contributed by atoms with van der Waals surface area (Å²) in [6, 6.07) is 8.56. The van der Waals surface area contributed by atoms with Crippen molar-refractivity contribution in [3.8, 4) is 0 Å². The molecule has 0 bridgehead atoms. The molecule has 0 saturated carbocycles. The first-order valence-electron chi connectivity index (χ1n) is 6.06. The second-order valence-electron chi connectivity index (χ2n) is 5.54. The Morgan fingerprint density at radius 3 is 2.00 bits per heavy atom. The third kappa shape index (κ3) is 1.72. The minimum Gasteiger partial charge on any atom is -0.293 e. The number of rotatable bonds is 3. The Labute approximate surface area is 104 Å². The molecular weight excluding hydrogens is 210 g/mol. The van der Waals surface area contributed by atoms with Gasteiger partial charge in [0.2, 0.25) is 0 Å². The Hall–Kier alpha value is -1.12. The molecule has 2 rings (SSSR count). The van der Waals surface area contributed by atoms with Gasteiger partial charge in [-0.3, -0.25) is 4.84 Å². The van der Waals surface area contributed by atoms with Crippen LogP contribution in [0.15, 0.2) is 36.9 Å². The van der Waals surface area contributed by atoms with Crippen LogP contribution in [0.1, 0.15) is 38.8 Å². The molecule has 2 nitrogen and oxygen atoms in total. The Balaban J connectivity index is 2.48. The van der Waals surface area contributed by atoms with Crippen LogP contribution in [0.4, 0.5) is 0 Å². The third-order valence-corrected chi connectivity index (χ3v) is 3.58. The molecule has 2 heteroatoms. The van der Waals surface area contributed by atoms with Gasteiger partial charge in [-0.15, -0.1) is 6.58 Å². The quantitative estimate of drug-likeness (QED) is 0.737. The summed E-state index contributed by atoms with van der Waals surface area (Å²) < 4.78 is 0. The van der Waals surface area contributed by atoms with Crippen LogP contribution in [0.5, 0.6) is 0 Å². The lowest BCUT2D eigenvalue weighted by molar-refractivity contribution is -0.253. The first-order chi connectivity index (χ1) is 7.92. The van der Waals surface area contributed by atoms with Crippen molar-refractivity contribution in [3.63, 3.8) is 0 Å². The minimum absolute atomic E-state index is 0.108. The summed E-state index contributed by atoms with van der Waals surface area (Å²) in [5, 5.41) is 2.09. The van der Waals surface area contributed by atoms with Gasteiger partial charge in [0.05, 0.1) is 17.7 Å². The van der Waals surface area contributed by atoms with Gasteiger partial charge in [0.15, 0.2) is 0 Å². The van der Waals surface area contributed by atoms with E-state index in [0.29, 0.717) is 6.61 Å². The maximum absolute atomic E-state index is 5.88. The first kappa shape index (κ1) is 12.3. The summed E-state index contributed by atoms with van der Waals surface area (Å²) in [6.07, 6.45) is 1.79. The van der Waals surface area contributed by atoms with Crippen LogP contribution >= 0.6 is 0 Å². The fourth-order valence-corrected chi connectivity index (χ4v) is 2.92. The molecule has 1 aliphatic rings. The van der Waals surface area contributed by atoms with Crippen LogP contribution < -0.4 is 0 Å². The fourth-order valence-electron chi connectivity index (χ4n) is 2.92. The highest BCUT2D eigenvalue weighted by atomic mass is 16.7. The van der Waals surface area contributed by atoms with Gasteiger partial charge in [-0.05, 0) is 38.8 Å². The second-order valence-corrected chi connectivity index (χ2v) is 5.54. The summed E-state index contributed by atoms with van der Waals surface area (Å²) in [6.45, 7) is 13.0. The van der Waals surface area contributed by atoms with Crippen molar-refractivity contribution in [1.82, 2.24) is 5.06 Å². The highest BCUT2D eigenvalue weighted by Gasteiger charge is 2.49. The average Bonchev–Trinajstić information content (AvgIpc) is 2.43. The smallest absolute Gasteiger partial charge is 0.0864 e. The predicted molar refractivity (Wildman–Crippen MR) is 70.5 cm³/mol. The number of benzene rings is 1. The summed E-state index contributed by atoms with van der Waals surface area (Å²) >= 11 is 0. The van der Waals surface area contributed by atoms with Crippen LogP contribution in [0, 0.1) is 0 Å². The molecule has 0 amide bonds. The number of fused-ring (bicyclic) bond motifs is 1. The zero-order valence-corrected chi connectivity index (χ0v) is 11.2. The zero-order chi connectivity index (χ0) is 12.7. The van der Waals surface area contributed by atoms with Crippen molar-refractivity contribution in [2.24, 2.45) is 0 Å². The molecule has 0 spiro atoms. The molecule has 0 fully saturated rings. The van der Waals surface area contributed by atoms with E-state index in [-0.39, 0.29) is 11.1 Å². The summed E-state index contributed by atoms with van der Waals surface area (Å²) in [7, 11) is 0. The summed E-state index contributed by atoms with van der Waals surface area (Å²) in [4.78, 5) is 5.88. The third-order valence-electron chi connectivity index (χ3n) is 3.58. The van der Waals surface area contributed by atoms with E-state index in [9.17, 15) is 0 Å². The zero-order valence-electron chi connectivity index (χ0n) is 11.2. The van der Waals surface area contributed by atoms with E-state index in [1.54, 1.807) is 6.08 Å². The lowest BCUT2D eigenvalue weighted by atomic mass is 9.91. The molecule has 0 aromatic heterocycles. The molecule has 0 aliphatic carbocycles. The van der Waals surface area contributed by atoms with Crippen molar-refractivity contribution in [2.45, 2.75) is 38.8 Å². The van der Waals surface area contributed by atoms with Crippen molar-refractivity contribution >= 4 is 0 Å². The van der Waals surface area contributed by atoms with E-state index in [1.807, 2.05) is 0 Å². The molecule has 92 valence electrons. The van der Waals surface area contributed by atoms with Gasteiger partial charge >= 0.3 is 0 Å². The molecule has 0 radical (unpaired) electrons. The van der Waals surface area contributed by atoms with Gasteiger partial charge in [0, 0.05) is 0 Å². The molecule has 0 saturated heterocycles. The largest absolute Gasteiger partial charge is 0.293 e. The van der Waals surface area contributed by atoms with E-state index in [4.69, 9.17) is 4.84 Å². The maximum atomic E-state index is 5.88. The highest BCUT2D eigenvalue weighted by Crippen LogP contribution is 2.49. The van der Waals surface area contributed by atoms with Gasteiger partial charge in [0.25, 0.3) is 0 Å². The van der Waals surface area contributed by atoms with Crippen LogP contribution in [0.25, 0.3) is 0 Å². The average molecular weight is 231 g/mol. The van der Waals surface area contributed by atoms with Gasteiger partial charge in [0.1, 0.15) is 0 Å². The number of hydroxylamine groups is 2. The van der Waals surface area contributed by atoms with Crippen LogP contribution in [-0.2, 0) is 15.9 Å². The Morgan fingerprint density at radius 1 is 1.12 bits per heavy atom. The van der Waals surface area contributed by atoms with E-state index < -0.39 is 0 Å². The van der Waals surface area contributed by atoms with Crippen molar-refractivity contribution in [2.75, 3.05) is 6.61 Å². The van der Waals surface area contributed by atoms with E-state index in [1.165, 1.54) is 11.1 Å². The Morgan fingerprint density at radius 2 is 1.59 bits per heavy atom. The van der Waals surface area contributed by atoms with E-state index in [2.05, 4.69) is 63.6 Å². The van der Waals surface area contributed by atoms with Crippen LogP contribution in [-0.4, -0.2) is 11.7 Å². The molecule has 1 aliphatic heterocycles. The molecule has 1 heterocycles. The second kappa shape index (κ2) is 3.97. The fraction of sp³-hybridized carbons (Fsp3) is 0.467. The molecule has 0 unspecified atom stereocenters. The first-order valence-corrected chi connectivity index (χ1v) is 6.06. The molecule has 0 atom stereocenters. The SMILES string of the molecule is C=CCON1C(C)(C)c2ccccc2C1(C)C. The van der Waals surface area contributed by atoms with Gasteiger partial charge in [-0.1, -0.05) is 30.3 Å². The normalized spacial score (nSPS) is 21.2. The molecule has 1 aromatic carbocycles. The molecular formula is C15H21NO. The van der Waals surface area contributed by atoms with Gasteiger partial charge in [-0.25, -0.2) is 0 Å². The number of nitrogens with zero attached hydrogens (tertiary/aromatic N) is 1. The summed E-state index contributed by atoms with van der Waals surface area (Å²) in [5.74, 6) is 0. The Kier molecular flexibility index (Phi) is 2.88. The predicted octanol–water partition coefficient (Wildman–Crippen LogP) is 3.59. The van der Waals surface area contributed by atoms with Gasteiger partial charge < -0.3 is 0 Å². The van der Waals surface area contributed by atoms with Gasteiger partial charge in [-0.2, -0.15) is 5.06 Å². The molecule has 0 N–H and O–H groups in total. The van der Waals surface area contributed by atoms with Crippen LogP contribution in [0.2, 0.25) is 0 Å². The van der Waals surface area contributed by atoms with Crippen molar-refractivity contribution in [3.05, 3.63) is 48.0 Å². The standard InChI is InChI=1S/C15H21NO/c1-6-11-17-16-14(2,3)12-9-7-8-10-13(12)15(16,4)5/h6-10H,1,11H2,2-5H3. The maximum Gasteiger partial charge on any atom is 0.0864 e. The number of hydrogen-bond donors (Lipinski definition) is 0. The Bertz CT molecular complexity index is 399. The lowest BCUT2D eigenvalue weighted by Crippen LogP contribution is -2.45. The van der Waals surface area contributed by atoms with Crippen molar-refractivity contribution in [1.29, 1.82) is 0 Å². The van der Waals surface area contributed by atoms with Crippen molar-refractivity contribution < 1.29 is 4.84 Å². The molecule has 1 aromatic rings. The van der Waals surface area contributed by atoms with E-state index in [0.717, 1.165) is 0 Å². The molecule has 17 heavy (non-hydrogen) atoms. The lowest BCUT2D eigenvalue weighted by Gasteiger charge is -2.39. The van der Waals surface area contributed by atoms with E-state index >= 15 is 0 Å². The van der Waals surface area contributed by atoms with Crippen LogP contribution in [0.3, 0.4) is 0 Å². The minimum atomic E-state index is -0.108.